The summed E-state index contributed by atoms with van der Waals surface area (Å²) in [4.78, 5) is 30.7. The Balaban J connectivity index is 0.00000228. The fourth-order valence-corrected chi connectivity index (χ4v) is 5.50. The number of halogens is 2. The van der Waals surface area contributed by atoms with Crippen molar-refractivity contribution in [2.75, 3.05) is 54.0 Å². The molecule has 0 atom stereocenters. The van der Waals surface area contributed by atoms with E-state index in [1.165, 1.54) is 26.4 Å². The quantitative estimate of drug-likeness (QED) is 0.534. The van der Waals surface area contributed by atoms with Crippen molar-refractivity contribution in [3.05, 3.63) is 33.7 Å². The van der Waals surface area contributed by atoms with Crippen molar-refractivity contribution in [1.82, 2.24) is 15.1 Å². The molecule has 36 heavy (non-hydrogen) atoms. The summed E-state index contributed by atoms with van der Waals surface area (Å²) in [6, 6.07) is 3.44. The Bertz CT molecular complexity index is 1090. The van der Waals surface area contributed by atoms with Gasteiger partial charge in [0.15, 0.2) is 11.5 Å². The van der Waals surface area contributed by atoms with E-state index < -0.39 is 5.63 Å². The van der Waals surface area contributed by atoms with Gasteiger partial charge in [-0.1, -0.05) is 19.3 Å². The highest BCUT2D eigenvalue weighted by Crippen LogP contribution is 2.35. The first kappa shape index (κ1) is 30.2. The number of carbonyl (C=O) groups is 1. The van der Waals surface area contributed by atoms with E-state index in [1.807, 2.05) is 6.92 Å². The summed E-state index contributed by atoms with van der Waals surface area (Å²) in [6.07, 6.45) is 5.86. The Morgan fingerprint density at radius 1 is 1.03 bits per heavy atom. The van der Waals surface area contributed by atoms with Crippen LogP contribution in [0.1, 0.15) is 43.2 Å². The number of hydrogen-bond donors (Lipinski definition) is 1. The van der Waals surface area contributed by atoms with E-state index in [-0.39, 0.29) is 42.7 Å². The third-order valence-corrected chi connectivity index (χ3v) is 7.70. The van der Waals surface area contributed by atoms with Gasteiger partial charge in [0.1, 0.15) is 5.58 Å². The first-order chi connectivity index (χ1) is 16.4. The summed E-state index contributed by atoms with van der Waals surface area (Å²) in [6.45, 7) is 6.65. The molecule has 10 heteroatoms. The number of hydrogen-bond acceptors (Lipinski definition) is 7. The monoisotopic (exact) mass is 543 g/mol. The first-order valence-corrected chi connectivity index (χ1v) is 12.3. The largest absolute Gasteiger partial charge is 0.493 e. The van der Waals surface area contributed by atoms with Gasteiger partial charge in [-0.15, -0.1) is 24.8 Å². The molecular formula is C26H39Cl2N3O5. The lowest BCUT2D eigenvalue weighted by Gasteiger charge is -2.49. The second kappa shape index (κ2) is 13.0. The molecule has 2 aliphatic rings. The zero-order valence-corrected chi connectivity index (χ0v) is 23.3. The van der Waals surface area contributed by atoms with Gasteiger partial charge in [0.05, 0.1) is 26.2 Å². The molecule has 2 heterocycles. The molecule has 0 unspecified atom stereocenters. The van der Waals surface area contributed by atoms with Crippen molar-refractivity contribution in [3.8, 4) is 11.5 Å². The standard InChI is InChI=1S/C26H37N3O5.2ClH/c1-18-19-14-22(32-3)23(33-4)16-21(19)34-25(31)20(18)15-24(30)27-17-26(8-6-5-7-9-26)29-12-10-28(2)11-13-29;;/h14,16H,5-13,15,17H2,1-4H3,(H,27,30);2*1H. The number of carbonyl (C=O) groups excluding carboxylic acids is 1. The minimum Gasteiger partial charge on any atom is -0.493 e. The van der Waals surface area contributed by atoms with Gasteiger partial charge in [-0.3, -0.25) is 9.69 Å². The van der Waals surface area contributed by atoms with Crippen molar-refractivity contribution >= 4 is 41.7 Å². The first-order valence-electron chi connectivity index (χ1n) is 12.3. The lowest BCUT2D eigenvalue weighted by atomic mass is 9.79. The van der Waals surface area contributed by atoms with Crippen molar-refractivity contribution in [2.45, 2.75) is 51.0 Å². The van der Waals surface area contributed by atoms with Crippen LogP contribution in [0.5, 0.6) is 11.5 Å². The van der Waals surface area contributed by atoms with Crippen LogP contribution in [0.2, 0.25) is 0 Å². The van der Waals surface area contributed by atoms with E-state index in [9.17, 15) is 9.59 Å². The number of ether oxygens (including phenoxy) is 2. The maximum absolute atomic E-state index is 13.0. The summed E-state index contributed by atoms with van der Waals surface area (Å²) in [7, 11) is 5.26. The average Bonchev–Trinajstić information content (AvgIpc) is 2.85. The Morgan fingerprint density at radius 2 is 1.64 bits per heavy atom. The number of methoxy groups -OCH3 is 2. The third kappa shape index (κ3) is 6.28. The highest BCUT2D eigenvalue weighted by molar-refractivity contribution is 5.87. The number of piperazine rings is 1. The SMILES string of the molecule is COc1cc2oc(=O)c(CC(=O)NCC3(N4CCN(C)CC4)CCCCC3)c(C)c2cc1OC.Cl.Cl. The summed E-state index contributed by atoms with van der Waals surface area (Å²) >= 11 is 0. The molecule has 8 nitrogen and oxygen atoms in total. The molecule has 1 amide bonds. The van der Waals surface area contributed by atoms with Gasteiger partial charge in [-0.25, -0.2) is 4.79 Å². The zero-order valence-electron chi connectivity index (χ0n) is 21.7. The lowest BCUT2D eigenvalue weighted by molar-refractivity contribution is -0.121. The summed E-state index contributed by atoms with van der Waals surface area (Å²) in [5, 5.41) is 3.91. The molecule has 1 saturated carbocycles. The number of likely N-dealkylation sites (N-methyl/N-ethyl adjacent to an activating group) is 1. The predicted molar refractivity (Wildman–Crippen MR) is 146 cm³/mol. The summed E-state index contributed by atoms with van der Waals surface area (Å²) < 4.78 is 16.3. The van der Waals surface area contributed by atoms with Crippen LogP contribution < -0.4 is 20.4 Å². The molecule has 202 valence electrons. The number of aryl methyl sites for hydroxylation is 1. The number of fused-ring (bicyclic) bond motifs is 1. The Labute approximate surface area is 225 Å². The summed E-state index contributed by atoms with van der Waals surface area (Å²) in [5.74, 6) is 0.896. The molecule has 1 N–H and O–H groups in total. The van der Waals surface area contributed by atoms with Crippen LogP contribution in [0.4, 0.5) is 0 Å². The van der Waals surface area contributed by atoms with Gasteiger partial charge in [-0.05, 0) is 38.4 Å². The van der Waals surface area contributed by atoms with Crippen LogP contribution in [0.15, 0.2) is 21.3 Å². The molecule has 1 saturated heterocycles. The van der Waals surface area contributed by atoms with E-state index >= 15 is 0 Å². The number of nitrogens with zero attached hydrogens (tertiary/aromatic N) is 2. The third-order valence-electron chi connectivity index (χ3n) is 7.70. The topological polar surface area (TPSA) is 84.2 Å². The van der Waals surface area contributed by atoms with Crippen molar-refractivity contribution < 1.29 is 18.7 Å². The van der Waals surface area contributed by atoms with Gasteiger partial charge in [0.2, 0.25) is 5.91 Å². The molecular weight excluding hydrogens is 505 g/mol. The van der Waals surface area contributed by atoms with E-state index in [4.69, 9.17) is 13.9 Å². The molecule has 2 aromatic rings. The number of rotatable bonds is 7. The average molecular weight is 545 g/mol. The van der Waals surface area contributed by atoms with Gasteiger partial charge in [-0.2, -0.15) is 0 Å². The van der Waals surface area contributed by atoms with Gasteiger partial charge < -0.3 is 24.1 Å². The molecule has 1 aliphatic carbocycles. The van der Waals surface area contributed by atoms with E-state index in [0.29, 0.717) is 29.2 Å². The van der Waals surface area contributed by atoms with Crippen LogP contribution in [-0.4, -0.2) is 75.2 Å². The molecule has 1 aromatic carbocycles. The van der Waals surface area contributed by atoms with Crippen LogP contribution in [0, 0.1) is 6.92 Å². The van der Waals surface area contributed by atoms with Crippen LogP contribution in [-0.2, 0) is 11.2 Å². The molecule has 0 bridgehead atoms. The number of amides is 1. The van der Waals surface area contributed by atoms with Crippen LogP contribution in [0.25, 0.3) is 11.0 Å². The summed E-state index contributed by atoms with van der Waals surface area (Å²) in [5.41, 5.74) is 1.06. The highest BCUT2D eigenvalue weighted by atomic mass is 35.5. The highest BCUT2D eigenvalue weighted by Gasteiger charge is 2.39. The molecule has 1 aromatic heterocycles. The second-order valence-electron chi connectivity index (χ2n) is 9.73. The van der Waals surface area contributed by atoms with Crippen LogP contribution in [0.3, 0.4) is 0 Å². The number of benzene rings is 1. The fourth-order valence-electron chi connectivity index (χ4n) is 5.50. The maximum Gasteiger partial charge on any atom is 0.340 e. The smallest absolute Gasteiger partial charge is 0.340 e. The zero-order chi connectivity index (χ0) is 24.3. The van der Waals surface area contributed by atoms with Crippen LogP contribution >= 0.6 is 24.8 Å². The van der Waals surface area contributed by atoms with E-state index in [1.54, 1.807) is 19.2 Å². The molecule has 2 fully saturated rings. The normalized spacial score (nSPS) is 18.1. The minimum atomic E-state index is -0.487. The molecule has 0 spiro atoms. The Hall–Kier alpha value is -2.00. The van der Waals surface area contributed by atoms with Crippen molar-refractivity contribution in [2.24, 2.45) is 0 Å². The fraction of sp³-hybridized carbons (Fsp3) is 0.615. The Morgan fingerprint density at radius 3 is 2.25 bits per heavy atom. The second-order valence-corrected chi connectivity index (χ2v) is 9.73. The predicted octanol–water partition coefficient (Wildman–Crippen LogP) is 3.57. The lowest BCUT2D eigenvalue weighted by Crippen LogP contribution is -2.61. The maximum atomic E-state index is 13.0. The van der Waals surface area contributed by atoms with Crippen molar-refractivity contribution in [1.29, 1.82) is 0 Å². The van der Waals surface area contributed by atoms with E-state index in [2.05, 4.69) is 22.2 Å². The van der Waals surface area contributed by atoms with Gasteiger partial charge in [0.25, 0.3) is 0 Å². The Kier molecular flexibility index (Phi) is 10.9. The van der Waals surface area contributed by atoms with E-state index in [0.717, 1.165) is 50.0 Å². The minimum absolute atomic E-state index is 0. The van der Waals surface area contributed by atoms with Gasteiger partial charge in [0, 0.05) is 49.7 Å². The number of nitrogens with one attached hydrogen (secondary N) is 1. The molecule has 0 radical (unpaired) electrons. The van der Waals surface area contributed by atoms with Gasteiger partial charge >= 0.3 is 5.63 Å². The molecule has 1 aliphatic heterocycles. The van der Waals surface area contributed by atoms with Crippen molar-refractivity contribution in [3.63, 3.8) is 0 Å². The molecule has 4 rings (SSSR count).